The first-order chi connectivity index (χ1) is 10.2. The van der Waals surface area contributed by atoms with Crippen LogP contribution in [0.2, 0.25) is 0 Å². The van der Waals surface area contributed by atoms with E-state index >= 15 is 0 Å². The number of hydrogen-bond donors (Lipinski definition) is 1. The number of nitrogens with one attached hydrogen (secondary N) is 1. The zero-order valence-corrected chi connectivity index (χ0v) is 16.0. The molecule has 1 nitrogen and oxygen atoms in total. The van der Waals surface area contributed by atoms with Crippen molar-refractivity contribution >= 4 is 27.3 Å². The molecule has 1 fully saturated rings. The molecule has 1 aliphatic rings. The summed E-state index contributed by atoms with van der Waals surface area (Å²) in [6.07, 6.45) is 11.2. The number of unbranched alkanes of at least 4 members (excludes halogenated alkanes) is 1. The van der Waals surface area contributed by atoms with E-state index in [1.54, 1.807) is 4.88 Å². The van der Waals surface area contributed by atoms with Crippen molar-refractivity contribution in [3.63, 3.8) is 0 Å². The Kier molecular flexibility index (Phi) is 7.24. The molecule has 0 amide bonds. The molecule has 0 saturated heterocycles. The van der Waals surface area contributed by atoms with Crippen LogP contribution in [-0.4, -0.2) is 13.1 Å². The van der Waals surface area contributed by atoms with Crippen LogP contribution in [0.15, 0.2) is 15.9 Å². The van der Waals surface area contributed by atoms with Crippen LogP contribution in [0.1, 0.15) is 63.7 Å². The molecule has 0 radical (unpaired) electrons. The third-order valence-corrected chi connectivity index (χ3v) is 7.03. The largest absolute Gasteiger partial charge is 0.316 e. The van der Waals surface area contributed by atoms with Crippen LogP contribution in [0.25, 0.3) is 0 Å². The summed E-state index contributed by atoms with van der Waals surface area (Å²) in [4.78, 5) is 1.54. The predicted molar refractivity (Wildman–Crippen MR) is 98.2 cm³/mol. The smallest absolute Gasteiger partial charge is 0.0314 e. The molecule has 3 heteroatoms. The van der Waals surface area contributed by atoms with Crippen LogP contribution in [0.3, 0.4) is 0 Å². The molecular weight excluding hydrogens is 342 g/mol. The zero-order chi connectivity index (χ0) is 15.1. The van der Waals surface area contributed by atoms with E-state index in [1.165, 1.54) is 62.4 Å². The lowest BCUT2D eigenvalue weighted by atomic mass is 9.67. The van der Waals surface area contributed by atoms with Crippen molar-refractivity contribution in [2.75, 3.05) is 13.1 Å². The van der Waals surface area contributed by atoms with Crippen LogP contribution in [0.4, 0.5) is 0 Å². The molecule has 0 bridgehead atoms. The van der Waals surface area contributed by atoms with Crippen molar-refractivity contribution in [2.45, 2.75) is 65.2 Å². The van der Waals surface area contributed by atoms with Crippen LogP contribution >= 0.6 is 27.3 Å². The lowest BCUT2D eigenvalue weighted by Gasteiger charge is -2.40. The minimum Gasteiger partial charge on any atom is -0.316 e. The highest BCUT2D eigenvalue weighted by atomic mass is 79.9. The molecule has 1 aliphatic carbocycles. The Morgan fingerprint density at radius 1 is 1.33 bits per heavy atom. The highest BCUT2D eigenvalue weighted by Crippen LogP contribution is 2.44. The number of hydrogen-bond acceptors (Lipinski definition) is 2. The molecule has 2 rings (SSSR count). The average molecular weight is 372 g/mol. The van der Waals surface area contributed by atoms with Crippen molar-refractivity contribution in [2.24, 2.45) is 11.3 Å². The quantitative estimate of drug-likeness (QED) is 0.587. The second-order valence-corrected chi connectivity index (χ2v) is 8.59. The Labute approximate surface area is 143 Å². The van der Waals surface area contributed by atoms with E-state index in [-0.39, 0.29) is 0 Å². The zero-order valence-electron chi connectivity index (χ0n) is 13.6. The Hall–Kier alpha value is 0.140. The average Bonchev–Trinajstić information content (AvgIpc) is 2.90. The maximum atomic E-state index is 3.72. The first-order valence-corrected chi connectivity index (χ1v) is 10.3. The van der Waals surface area contributed by atoms with Crippen LogP contribution in [0, 0.1) is 11.3 Å². The molecule has 0 spiro atoms. The van der Waals surface area contributed by atoms with Crippen LogP contribution in [-0.2, 0) is 6.42 Å². The van der Waals surface area contributed by atoms with Crippen molar-refractivity contribution < 1.29 is 0 Å². The predicted octanol–water partition coefficient (Wildman–Crippen LogP) is 6.03. The minimum absolute atomic E-state index is 0.492. The van der Waals surface area contributed by atoms with Gasteiger partial charge in [0, 0.05) is 15.9 Å². The third kappa shape index (κ3) is 5.07. The fourth-order valence-corrected chi connectivity index (χ4v) is 5.34. The highest BCUT2D eigenvalue weighted by Gasteiger charge is 2.35. The Morgan fingerprint density at radius 2 is 2.10 bits per heavy atom. The maximum Gasteiger partial charge on any atom is 0.0314 e. The lowest BCUT2D eigenvalue weighted by Crippen LogP contribution is -2.39. The van der Waals surface area contributed by atoms with Gasteiger partial charge in [-0.3, -0.25) is 0 Å². The normalized spacial score (nSPS) is 26.1. The summed E-state index contributed by atoms with van der Waals surface area (Å²) in [6.45, 7) is 6.81. The van der Waals surface area contributed by atoms with Crippen molar-refractivity contribution in [3.8, 4) is 0 Å². The Balaban J connectivity index is 1.97. The van der Waals surface area contributed by atoms with Gasteiger partial charge in [0.2, 0.25) is 0 Å². The number of thiophene rings is 1. The molecule has 21 heavy (non-hydrogen) atoms. The van der Waals surface area contributed by atoms with Crippen molar-refractivity contribution in [1.29, 1.82) is 0 Å². The molecule has 1 heterocycles. The summed E-state index contributed by atoms with van der Waals surface area (Å²) in [7, 11) is 0. The molecule has 0 aromatic carbocycles. The van der Waals surface area contributed by atoms with Crippen molar-refractivity contribution in [1.82, 2.24) is 5.32 Å². The summed E-state index contributed by atoms with van der Waals surface area (Å²) in [5.74, 6) is 0.992. The van der Waals surface area contributed by atoms with Gasteiger partial charge in [-0.1, -0.05) is 33.1 Å². The van der Waals surface area contributed by atoms with E-state index < -0.39 is 0 Å². The van der Waals surface area contributed by atoms with E-state index in [9.17, 15) is 0 Å². The first kappa shape index (κ1) is 17.5. The van der Waals surface area contributed by atoms with Crippen LogP contribution in [0.5, 0.6) is 0 Å². The summed E-state index contributed by atoms with van der Waals surface area (Å²) in [5.41, 5.74) is 0.492. The molecular formula is C18H30BrNS. The van der Waals surface area contributed by atoms with E-state index in [0.29, 0.717) is 5.41 Å². The van der Waals surface area contributed by atoms with Gasteiger partial charge in [0.05, 0.1) is 0 Å². The monoisotopic (exact) mass is 371 g/mol. The SMILES string of the molecule is CCCCC1CCC(CNCC)(Cc2sccc2Br)CC1. The van der Waals surface area contributed by atoms with Gasteiger partial charge in [-0.15, -0.1) is 11.3 Å². The van der Waals surface area contributed by atoms with Gasteiger partial charge in [-0.05, 0) is 77.4 Å². The van der Waals surface area contributed by atoms with Gasteiger partial charge in [0.25, 0.3) is 0 Å². The summed E-state index contributed by atoms with van der Waals surface area (Å²) in [6, 6.07) is 2.20. The van der Waals surface area contributed by atoms with E-state index in [2.05, 4.69) is 46.5 Å². The second-order valence-electron chi connectivity index (χ2n) is 6.73. The molecule has 1 N–H and O–H groups in total. The first-order valence-electron chi connectivity index (χ1n) is 8.61. The van der Waals surface area contributed by atoms with Crippen molar-refractivity contribution in [3.05, 3.63) is 20.8 Å². The van der Waals surface area contributed by atoms with Gasteiger partial charge < -0.3 is 5.32 Å². The standard InChI is InChI=1S/C18H30BrNS/c1-3-5-6-15-7-10-18(11-8-15,14-20-4-2)13-17-16(19)9-12-21-17/h9,12,15,20H,3-8,10-11,13-14H2,1-2H3. The minimum atomic E-state index is 0.492. The molecule has 0 unspecified atom stereocenters. The highest BCUT2D eigenvalue weighted by molar-refractivity contribution is 9.10. The fourth-order valence-electron chi connectivity index (χ4n) is 3.67. The maximum absolute atomic E-state index is 3.72. The Bertz CT molecular complexity index is 407. The molecule has 1 aromatic rings. The molecule has 0 aliphatic heterocycles. The topological polar surface area (TPSA) is 12.0 Å². The van der Waals surface area contributed by atoms with E-state index in [4.69, 9.17) is 0 Å². The summed E-state index contributed by atoms with van der Waals surface area (Å²) < 4.78 is 1.32. The third-order valence-electron chi connectivity index (χ3n) is 5.11. The van der Waals surface area contributed by atoms with Gasteiger partial charge in [0.15, 0.2) is 0 Å². The lowest BCUT2D eigenvalue weighted by molar-refractivity contribution is 0.140. The second kappa shape index (κ2) is 8.69. The van der Waals surface area contributed by atoms with E-state index in [1.807, 2.05) is 11.3 Å². The number of halogens is 1. The van der Waals surface area contributed by atoms with Gasteiger partial charge in [-0.2, -0.15) is 0 Å². The fraction of sp³-hybridized carbons (Fsp3) is 0.778. The van der Waals surface area contributed by atoms with Crippen LogP contribution < -0.4 is 5.32 Å². The summed E-state index contributed by atoms with van der Waals surface area (Å²) >= 11 is 5.64. The molecule has 1 saturated carbocycles. The molecule has 0 atom stereocenters. The molecule has 1 aromatic heterocycles. The van der Waals surface area contributed by atoms with Gasteiger partial charge in [-0.25, -0.2) is 0 Å². The van der Waals surface area contributed by atoms with E-state index in [0.717, 1.165) is 12.5 Å². The number of rotatable bonds is 8. The van der Waals surface area contributed by atoms with Gasteiger partial charge in [0.1, 0.15) is 0 Å². The summed E-state index contributed by atoms with van der Waals surface area (Å²) in [5, 5.41) is 5.85. The Morgan fingerprint density at radius 3 is 2.67 bits per heavy atom. The molecule has 120 valence electrons. The van der Waals surface area contributed by atoms with Gasteiger partial charge >= 0.3 is 0 Å².